The van der Waals surface area contributed by atoms with Gasteiger partial charge in [0.1, 0.15) is 6.61 Å². The summed E-state index contributed by atoms with van der Waals surface area (Å²) in [5.41, 5.74) is 4.56. The van der Waals surface area contributed by atoms with Gasteiger partial charge in [-0.25, -0.2) is 9.79 Å². The average Bonchev–Trinajstić information content (AvgIpc) is 2.75. The maximum atomic E-state index is 12.2. The number of amides is 1. The number of benzene rings is 3. The van der Waals surface area contributed by atoms with E-state index in [1.807, 2.05) is 61.5 Å². The molecule has 3 aromatic rings. The minimum Gasteiger partial charge on any atom is -0.444 e. The molecule has 7 heteroatoms. The van der Waals surface area contributed by atoms with E-state index >= 15 is 0 Å². The molecule has 0 aromatic heterocycles. The monoisotopic (exact) mass is 465 g/mol. The van der Waals surface area contributed by atoms with Gasteiger partial charge in [-0.3, -0.25) is 5.32 Å². The number of aliphatic imine (C=N–C) groups is 1. The number of nitrogens with one attached hydrogen (secondary N) is 1. The standard InChI is InChI=1S/C23H20BrN3O3/c1-15-7-9-18(26-23(29)30-13-16-5-3-2-4-6-16)12-21(15)27-14-25-20-10-8-17(24)11-19(20)22(27)28/h2-12,14,22,28H,13H2,1H3,(H,26,29). The minimum atomic E-state index is -0.894. The SMILES string of the molecule is Cc1ccc(NC(=O)OCc2ccccc2)cc1N1C=Nc2ccc(Br)cc2C1O. The number of ether oxygens (including phenoxy) is 1. The first-order valence-corrected chi connectivity index (χ1v) is 10.2. The molecule has 1 atom stereocenters. The van der Waals surface area contributed by atoms with Gasteiger partial charge in [0.2, 0.25) is 0 Å². The second kappa shape index (κ2) is 8.69. The number of aryl methyl sites for hydroxylation is 1. The molecular formula is C23H20BrN3O3. The Morgan fingerprint density at radius 2 is 1.97 bits per heavy atom. The van der Waals surface area contributed by atoms with E-state index < -0.39 is 12.3 Å². The maximum Gasteiger partial charge on any atom is 0.411 e. The van der Waals surface area contributed by atoms with Crippen molar-refractivity contribution in [3.8, 4) is 0 Å². The quantitative estimate of drug-likeness (QED) is 0.519. The topological polar surface area (TPSA) is 74.2 Å². The molecule has 1 aliphatic heterocycles. The Morgan fingerprint density at radius 3 is 2.77 bits per heavy atom. The molecule has 0 spiro atoms. The van der Waals surface area contributed by atoms with Gasteiger partial charge in [0.05, 0.1) is 12.0 Å². The first kappa shape index (κ1) is 20.1. The molecule has 6 nitrogen and oxygen atoms in total. The highest BCUT2D eigenvalue weighted by molar-refractivity contribution is 9.10. The van der Waals surface area contributed by atoms with Gasteiger partial charge in [-0.15, -0.1) is 0 Å². The molecule has 2 N–H and O–H groups in total. The molecule has 152 valence electrons. The van der Waals surface area contributed by atoms with E-state index in [1.54, 1.807) is 23.4 Å². The summed E-state index contributed by atoms with van der Waals surface area (Å²) in [6, 6.07) is 20.5. The summed E-state index contributed by atoms with van der Waals surface area (Å²) < 4.78 is 6.15. The number of carbonyl (C=O) groups is 1. The molecule has 0 saturated heterocycles. The predicted molar refractivity (Wildman–Crippen MR) is 121 cm³/mol. The van der Waals surface area contributed by atoms with Crippen LogP contribution < -0.4 is 10.2 Å². The van der Waals surface area contributed by atoms with Crippen LogP contribution in [0.25, 0.3) is 0 Å². The van der Waals surface area contributed by atoms with Crippen LogP contribution in [0, 0.1) is 6.92 Å². The molecule has 4 rings (SSSR count). The number of nitrogens with zero attached hydrogens (tertiary/aromatic N) is 2. The second-order valence-corrected chi connectivity index (χ2v) is 7.83. The summed E-state index contributed by atoms with van der Waals surface area (Å²) in [6.07, 6.45) is 0.158. The summed E-state index contributed by atoms with van der Waals surface area (Å²) in [7, 11) is 0. The molecule has 1 heterocycles. The van der Waals surface area contributed by atoms with Crippen molar-refractivity contribution in [3.63, 3.8) is 0 Å². The Morgan fingerprint density at radius 1 is 1.17 bits per heavy atom. The van der Waals surface area contributed by atoms with Crippen LogP contribution in [0.1, 0.15) is 22.9 Å². The summed E-state index contributed by atoms with van der Waals surface area (Å²) >= 11 is 3.44. The number of rotatable bonds is 4. The molecule has 0 saturated carbocycles. The fourth-order valence-corrected chi connectivity index (χ4v) is 3.60. The zero-order valence-electron chi connectivity index (χ0n) is 16.2. The van der Waals surface area contributed by atoms with Gasteiger partial charge in [0.25, 0.3) is 0 Å². The van der Waals surface area contributed by atoms with E-state index in [1.165, 1.54) is 0 Å². The number of fused-ring (bicyclic) bond motifs is 1. The molecule has 30 heavy (non-hydrogen) atoms. The van der Waals surface area contributed by atoms with Gasteiger partial charge in [0, 0.05) is 21.4 Å². The summed E-state index contributed by atoms with van der Waals surface area (Å²) in [6.45, 7) is 2.12. The van der Waals surface area contributed by atoms with E-state index in [2.05, 4.69) is 26.2 Å². The smallest absolute Gasteiger partial charge is 0.411 e. The predicted octanol–water partition coefficient (Wildman–Crippen LogP) is 5.68. The lowest BCUT2D eigenvalue weighted by molar-refractivity contribution is 0.155. The highest BCUT2D eigenvalue weighted by Gasteiger charge is 2.25. The molecule has 1 unspecified atom stereocenters. The second-order valence-electron chi connectivity index (χ2n) is 6.92. The Labute approximate surface area is 183 Å². The third-order valence-electron chi connectivity index (χ3n) is 4.80. The molecule has 1 aliphatic rings. The van der Waals surface area contributed by atoms with Crippen LogP contribution in [0.5, 0.6) is 0 Å². The average molecular weight is 466 g/mol. The van der Waals surface area contributed by atoms with Crippen molar-refractivity contribution in [2.24, 2.45) is 4.99 Å². The summed E-state index contributed by atoms with van der Waals surface area (Å²) in [5, 5.41) is 13.6. The van der Waals surface area contributed by atoms with Gasteiger partial charge < -0.3 is 14.7 Å². The Hall–Kier alpha value is -3.16. The fraction of sp³-hybridized carbons (Fsp3) is 0.130. The molecule has 0 fully saturated rings. The van der Waals surface area contributed by atoms with Gasteiger partial charge in [0.15, 0.2) is 6.23 Å². The number of anilines is 2. The molecule has 1 amide bonds. The molecule has 0 radical (unpaired) electrons. The minimum absolute atomic E-state index is 0.189. The lowest BCUT2D eigenvalue weighted by Crippen LogP contribution is -2.30. The number of hydrogen-bond donors (Lipinski definition) is 2. The van der Waals surface area contributed by atoms with Crippen LogP contribution in [0.2, 0.25) is 0 Å². The Kier molecular flexibility index (Phi) is 5.83. The van der Waals surface area contributed by atoms with Crippen LogP contribution in [-0.2, 0) is 11.3 Å². The third-order valence-corrected chi connectivity index (χ3v) is 5.29. The van der Waals surface area contributed by atoms with E-state index in [4.69, 9.17) is 4.74 Å². The highest BCUT2D eigenvalue weighted by atomic mass is 79.9. The molecule has 0 bridgehead atoms. The number of halogens is 1. The van der Waals surface area contributed by atoms with Crippen LogP contribution in [0.3, 0.4) is 0 Å². The van der Waals surface area contributed by atoms with Gasteiger partial charge in [-0.05, 0) is 48.4 Å². The lowest BCUT2D eigenvalue weighted by Gasteiger charge is -2.31. The lowest BCUT2D eigenvalue weighted by atomic mass is 10.1. The van der Waals surface area contributed by atoms with Gasteiger partial charge >= 0.3 is 6.09 Å². The van der Waals surface area contributed by atoms with E-state index in [0.29, 0.717) is 11.3 Å². The van der Waals surface area contributed by atoms with Crippen LogP contribution in [0.15, 0.2) is 76.2 Å². The van der Waals surface area contributed by atoms with E-state index in [9.17, 15) is 9.90 Å². The van der Waals surface area contributed by atoms with Crippen LogP contribution >= 0.6 is 15.9 Å². The first-order chi connectivity index (χ1) is 14.5. The van der Waals surface area contributed by atoms with Crippen molar-refractivity contribution >= 4 is 45.4 Å². The van der Waals surface area contributed by atoms with Crippen LogP contribution in [0.4, 0.5) is 21.9 Å². The summed E-state index contributed by atoms with van der Waals surface area (Å²) in [5.74, 6) is 0. The first-order valence-electron chi connectivity index (χ1n) is 9.39. The molecular weight excluding hydrogens is 446 g/mol. The zero-order valence-corrected chi connectivity index (χ0v) is 17.8. The van der Waals surface area contributed by atoms with Crippen molar-refractivity contribution in [2.75, 3.05) is 10.2 Å². The number of hydrogen-bond acceptors (Lipinski definition) is 5. The van der Waals surface area contributed by atoms with Gasteiger partial charge in [-0.1, -0.05) is 52.3 Å². The number of carbonyl (C=O) groups excluding carboxylic acids is 1. The van der Waals surface area contributed by atoms with Crippen molar-refractivity contribution in [1.29, 1.82) is 0 Å². The Balaban J connectivity index is 1.50. The number of aliphatic hydroxyl groups excluding tert-OH is 1. The van der Waals surface area contributed by atoms with Crippen molar-refractivity contribution in [3.05, 3.63) is 87.9 Å². The highest BCUT2D eigenvalue weighted by Crippen LogP contribution is 2.37. The van der Waals surface area contributed by atoms with Gasteiger partial charge in [-0.2, -0.15) is 0 Å². The van der Waals surface area contributed by atoms with E-state index in [-0.39, 0.29) is 6.61 Å². The third kappa shape index (κ3) is 4.37. The largest absolute Gasteiger partial charge is 0.444 e. The van der Waals surface area contributed by atoms with Crippen molar-refractivity contribution < 1.29 is 14.6 Å². The fourth-order valence-electron chi connectivity index (χ4n) is 3.22. The van der Waals surface area contributed by atoms with Crippen LogP contribution in [-0.4, -0.2) is 17.5 Å². The van der Waals surface area contributed by atoms with Crippen molar-refractivity contribution in [1.82, 2.24) is 0 Å². The van der Waals surface area contributed by atoms with Crippen molar-refractivity contribution in [2.45, 2.75) is 19.8 Å². The Bertz CT molecular complexity index is 1100. The maximum absolute atomic E-state index is 12.2. The number of aliphatic hydroxyl groups is 1. The normalized spacial score (nSPS) is 14.9. The summed E-state index contributed by atoms with van der Waals surface area (Å²) in [4.78, 5) is 18.3. The zero-order chi connectivity index (χ0) is 21.1. The molecule has 3 aromatic carbocycles. The molecule has 0 aliphatic carbocycles. The van der Waals surface area contributed by atoms with E-state index in [0.717, 1.165) is 27.0 Å².